The van der Waals surface area contributed by atoms with Crippen molar-refractivity contribution in [2.24, 2.45) is 11.1 Å². The van der Waals surface area contributed by atoms with Crippen molar-refractivity contribution in [2.75, 3.05) is 18.4 Å². The minimum atomic E-state index is 0.299. The van der Waals surface area contributed by atoms with Crippen LogP contribution in [-0.4, -0.2) is 23.1 Å². The van der Waals surface area contributed by atoms with Gasteiger partial charge in [0, 0.05) is 19.2 Å². The summed E-state index contributed by atoms with van der Waals surface area (Å²) in [5.74, 6) is 1.71. The van der Waals surface area contributed by atoms with E-state index in [-0.39, 0.29) is 0 Å². The monoisotopic (exact) mass is 236 g/mol. The topological polar surface area (TPSA) is 63.8 Å². The van der Waals surface area contributed by atoms with E-state index in [0.29, 0.717) is 12.0 Å². The zero-order chi connectivity index (χ0) is 12.7. The van der Waals surface area contributed by atoms with Crippen molar-refractivity contribution in [3.63, 3.8) is 0 Å². The minimum Gasteiger partial charge on any atom is -0.369 e. The van der Waals surface area contributed by atoms with E-state index in [2.05, 4.69) is 36.1 Å². The van der Waals surface area contributed by atoms with Crippen molar-refractivity contribution in [2.45, 2.75) is 40.0 Å². The summed E-state index contributed by atoms with van der Waals surface area (Å²) in [7, 11) is 0. The summed E-state index contributed by atoms with van der Waals surface area (Å²) < 4.78 is 0. The predicted molar refractivity (Wildman–Crippen MR) is 72.0 cm³/mol. The summed E-state index contributed by atoms with van der Waals surface area (Å²) in [6, 6.07) is 1.90. The number of rotatable bonds is 7. The van der Waals surface area contributed by atoms with Gasteiger partial charge in [0.05, 0.1) is 0 Å². The fourth-order valence-corrected chi connectivity index (χ4v) is 1.84. The number of hydrogen-bond donors (Lipinski definition) is 2. The smallest absolute Gasteiger partial charge is 0.131 e. The largest absolute Gasteiger partial charge is 0.369 e. The summed E-state index contributed by atoms with van der Waals surface area (Å²) in [4.78, 5) is 8.60. The number of hydrogen-bond acceptors (Lipinski definition) is 4. The van der Waals surface area contributed by atoms with Crippen molar-refractivity contribution in [1.82, 2.24) is 9.97 Å². The fourth-order valence-electron chi connectivity index (χ4n) is 1.84. The lowest BCUT2D eigenvalue weighted by molar-refractivity contribution is 0.354. The lowest BCUT2D eigenvalue weighted by Crippen LogP contribution is -2.23. The summed E-state index contributed by atoms with van der Waals surface area (Å²) in [6.45, 7) is 8.27. The first kappa shape index (κ1) is 13.9. The van der Waals surface area contributed by atoms with Crippen LogP contribution in [0.4, 0.5) is 5.82 Å². The number of nitrogens with zero attached hydrogens (tertiary/aromatic N) is 2. The van der Waals surface area contributed by atoms with Crippen molar-refractivity contribution < 1.29 is 0 Å². The van der Waals surface area contributed by atoms with E-state index in [0.717, 1.165) is 24.6 Å². The first-order valence-electron chi connectivity index (χ1n) is 6.33. The number of nitrogens with two attached hydrogens (primary N) is 1. The Labute approximate surface area is 104 Å². The molecule has 0 saturated carbocycles. The van der Waals surface area contributed by atoms with Gasteiger partial charge in [-0.1, -0.05) is 27.2 Å². The SMILES string of the molecule is CCCC(C)(C)CNc1ccnc(CCN)n1. The van der Waals surface area contributed by atoms with Gasteiger partial charge in [-0.2, -0.15) is 0 Å². The molecule has 0 unspecified atom stereocenters. The van der Waals surface area contributed by atoms with Gasteiger partial charge in [0.2, 0.25) is 0 Å². The molecule has 3 N–H and O–H groups in total. The Balaban J connectivity index is 2.53. The highest BCUT2D eigenvalue weighted by Gasteiger charge is 2.16. The average Bonchev–Trinajstić information content (AvgIpc) is 2.28. The van der Waals surface area contributed by atoms with Crippen LogP contribution in [0.5, 0.6) is 0 Å². The highest BCUT2D eigenvalue weighted by Crippen LogP contribution is 2.22. The molecule has 1 rings (SSSR count). The Hall–Kier alpha value is -1.16. The van der Waals surface area contributed by atoms with E-state index >= 15 is 0 Å². The molecule has 1 heterocycles. The molecule has 0 aliphatic heterocycles. The minimum absolute atomic E-state index is 0.299. The summed E-state index contributed by atoms with van der Waals surface area (Å²) in [5.41, 5.74) is 5.79. The maximum Gasteiger partial charge on any atom is 0.131 e. The molecule has 4 heteroatoms. The van der Waals surface area contributed by atoms with E-state index < -0.39 is 0 Å². The van der Waals surface area contributed by atoms with E-state index in [9.17, 15) is 0 Å². The van der Waals surface area contributed by atoms with Crippen LogP contribution in [0.3, 0.4) is 0 Å². The molecule has 0 bridgehead atoms. The zero-order valence-corrected chi connectivity index (χ0v) is 11.2. The number of nitrogens with one attached hydrogen (secondary N) is 1. The van der Waals surface area contributed by atoms with Gasteiger partial charge in [0.15, 0.2) is 0 Å². The molecular weight excluding hydrogens is 212 g/mol. The maximum absolute atomic E-state index is 5.49. The third-order valence-corrected chi connectivity index (χ3v) is 2.75. The molecule has 0 aliphatic rings. The van der Waals surface area contributed by atoms with Gasteiger partial charge in [-0.15, -0.1) is 0 Å². The van der Waals surface area contributed by atoms with Crippen LogP contribution in [0.1, 0.15) is 39.4 Å². The Morgan fingerprint density at radius 2 is 2.18 bits per heavy atom. The first-order valence-corrected chi connectivity index (χ1v) is 6.33. The Morgan fingerprint density at radius 3 is 2.82 bits per heavy atom. The van der Waals surface area contributed by atoms with Gasteiger partial charge in [-0.25, -0.2) is 9.97 Å². The zero-order valence-electron chi connectivity index (χ0n) is 11.2. The molecule has 0 fully saturated rings. The van der Waals surface area contributed by atoms with Crippen LogP contribution in [-0.2, 0) is 6.42 Å². The number of aromatic nitrogens is 2. The van der Waals surface area contributed by atoms with Gasteiger partial charge < -0.3 is 11.1 Å². The third-order valence-electron chi connectivity index (χ3n) is 2.75. The molecule has 17 heavy (non-hydrogen) atoms. The highest BCUT2D eigenvalue weighted by atomic mass is 15.0. The molecule has 4 nitrogen and oxygen atoms in total. The van der Waals surface area contributed by atoms with Crippen molar-refractivity contribution >= 4 is 5.82 Å². The Morgan fingerprint density at radius 1 is 1.41 bits per heavy atom. The van der Waals surface area contributed by atoms with Crippen molar-refractivity contribution in [1.29, 1.82) is 0 Å². The van der Waals surface area contributed by atoms with Crippen LogP contribution in [0.15, 0.2) is 12.3 Å². The number of anilines is 1. The quantitative estimate of drug-likeness (QED) is 0.762. The third kappa shape index (κ3) is 5.13. The molecule has 1 aromatic heterocycles. The van der Waals surface area contributed by atoms with Crippen LogP contribution < -0.4 is 11.1 Å². The molecule has 96 valence electrons. The molecule has 0 saturated heterocycles. The van der Waals surface area contributed by atoms with Crippen LogP contribution in [0.25, 0.3) is 0 Å². The van der Waals surface area contributed by atoms with E-state index in [1.807, 2.05) is 6.07 Å². The van der Waals surface area contributed by atoms with E-state index in [1.54, 1.807) is 6.20 Å². The summed E-state index contributed by atoms with van der Waals surface area (Å²) in [5, 5.41) is 3.38. The first-order chi connectivity index (χ1) is 8.07. The molecule has 0 aromatic carbocycles. The van der Waals surface area contributed by atoms with Gasteiger partial charge >= 0.3 is 0 Å². The predicted octanol–water partition coefficient (Wildman–Crippen LogP) is 2.22. The van der Waals surface area contributed by atoms with E-state index in [1.165, 1.54) is 12.8 Å². The van der Waals surface area contributed by atoms with Crippen LogP contribution >= 0.6 is 0 Å². The average molecular weight is 236 g/mol. The Kier molecular flexibility index (Phi) is 5.35. The maximum atomic E-state index is 5.49. The molecule has 0 amide bonds. The molecule has 0 radical (unpaired) electrons. The van der Waals surface area contributed by atoms with Crippen LogP contribution in [0.2, 0.25) is 0 Å². The van der Waals surface area contributed by atoms with Crippen LogP contribution in [0, 0.1) is 5.41 Å². The molecule has 0 spiro atoms. The molecule has 0 atom stereocenters. The second kappa shape index (κ2) is 6.55. The Bertz CT molecular complexity index is 336. The summed E-state index contributed by atoms with van der Waals surface area (Å²) in [6.07, 6.45) is 4.93. The van der Waals surface area contributed by atoms with Gasteiger partial charge in [0.1, 0.15) is 11.6 Å². The standard InChI is InChI=1S/C13H24N4/c1-4-7-13(2,3)10-16-12-6-9-15-11(17-12)5-8-14/h6,9H,4-5,7-8,10,14H2,1-3H3,(H,15,16,17). The van der Waals surface area contributed by atoms with Crippen molar-refractivity contribution in [3.8, 4) is 0 Å². The highest BCUT2D eigenvalue weighted by molar-refractivity contribution is 5.33. The molecular formula is C13H24N4. The van der Waals surface area contributed by atoms with Crippen molar-refractivity contribution in [3.05, 3.63) is 18.1 Å². The lowest BCUT2D eigenvalue weighted by Gasteiger charge is -2.24. The van der Waals surface area contributed by atoms with E-state index in [4.69, 9.17) is 5.73 Å². The second-order valence-electron chi connectivity index (χ2n) is 5.16. The van der Waals surface area contributed by atoms with Gasteiger partial charge in [0.25, 0.3) is 0 Å². The molecule has 0 aliphatic carbocycles. The molecule has 1 aromatic rings. The summed E-state index contributed by atoms with van der Waals surface area (Å²) >= 11 is 0. The second-order valence-corrected chi connectivity index (χ2v) is 5.16. The lowest BCUT2D eigenvalue weighted by atomic mass is 9.88. The van der Waals surface area contributed by atoms with Gasteiger partial charge in [-0.3, -0.25) is 0 Å². The fraction of sp³-hybridized carbons (Fsp3) is 0.692. The normalized spacial score (nSPS) is 11.5. The van der Waals surface area contributed by atoms with Gasteiger partial charge in [-0.05, 0) is 24.4 Å².